The highest BCUT2D eigenvalue weighted by atomic mass is 16.6. The van der Waals surface area contributed by atoms with Crippen LogP contribution < -0.4 is 5.32 Å². The lowest BCUT2D eigenvalue weighted by atomic mass is 10.0. The number of aliphatic hydroxyl groups excluding tert-OH is 1. The van der Waals surface area contributed by atoms with Crippen LogP contribution in [0.25, 0.3) is 0 Å². The first kappa shape index (κ1) is 17.2. The lowest BCUT2D eigenvalue weighted by molar-refractivity contribution is -0.385. The third-order valence-corrected chi connectivity index (χ3v) is 3.78. The summed E-state index contributed by atoms with van der Waals surface area (Å²) in [6.07, 6.45) is 0.660. The average molecular weight is 318 g/mol. The Morgan fingerprint density at radius 1 is 1.30 bits per heavy atom. The Morgan fingerprint density at radius 3 is 2.70 bits per heavy atom. The monoisotopic (exact) mass is 318 g/mol. The normalized spacial score (nSPS) is 13.7. The second-order valence-electron chi connectivity index (χ2n) is 5.70. The van der Waals surface area contributed by atoms with E-state index in [1.54, 1.807) is 18.2 Å². The van der Waals surface area contributed by atoms with Gasteiger partial charge in [-0.2, -0.15) is 0 Å². The molecule has 1 aromatic carbocycles. The number of nitrogens with one attached hydrogen (secondary N) is 1. The number of nitrogens with zero attached hydrogens (tertiary/aromatic N) is 1. The summed E-state index contributed by atoms with van der Waals surface area (Å²) in [4.78, 5) is 10.6. The summed E-state index contributed by atoms with van der Waals surface area (Å²) < 4.78 is 5.38. The lowest BCUT2D eigenvalue weighted by Gasteiger charge is -2.16. The molecule has 0 saturated heterocycles. The summed E-state index contributed by atoms with van der Waals surface area (Å²) >= 11 is 0. The molecule has 0 amide bonds. The van der Waals surface area contributed by atoms with Gasteiger partial charge in [-0.3, -0.25) is 10.1 Å². The number of para-hydroxylation sites is 1. The summed E-state index contributed by atoms with van der Waals surface area (Å²) in [6.45, 7) is 4.21. The minimum absolute atomic E-state index is 0.125. The predicted octanol–water partition coefficient (Wildman–Crippen LogP) is 3.14. The van der Waals surface area contributed by atoms with Crippen molar-refractivity contribution >= 4 is 5.69 Å². The number of nitro groups is 1. The molecule has 2 unspecified atom stereocenters. The maximum atomic E-state index is 11.0. The van der Waals surface area contributed by atoms with Crippen LogP contribution in [0.4, 0.5) is 5.69 Å². The Labute approximate surface area is 135 Å². The molecule has 0 saturated carbocycles. The van der Waals surface area contributed by atoms with Crippen LogP contribution in [-0.2, 0) is 6.42 Å². The minimum Gasteiger partial charge on any atom is -0.464 e. The minimum atomic E-state index is -0.697. The third-order valence-electron chi connectivity index (χ3n) is 3.78. The molecule has 6 nitrogen and oxygen atoms in total. The molecular weight excluding hydrogens is 296 g/mol. The van der Waals surface area contributed by atoms with Gasteiger partial charge in [-0.1, -0.05) is 18.2 Å². The van der Waals surface area contributed by atoms with Crippen molar-refractivity contribution < 1.29 is 14.4 Å². The van der Waals surface area contributed by atoms with Gasteiger partial charge in [-0.25, -0.2) is 0 Å². The number of nitro benzene ring substituents is 1. The van der Waals surface area contributed by atoms with E-state index in [4.69, 9.17) is 4.42 Å². The number of benzene rings is 1. The van der Waals surface area contributed by atoms with E-state index in [0.29, 0.717) is 18.7 Å². The molecule has 0 radical (unpaired) electrons. The molecule has 0 aliphatic heterocycles. The molecule has 2 aromatic rings. The van der Waals surface area contributed by atoms with Gasteiger partial charge in [-0.15, -0.1) is 0 Å². The fraction of sp³-hybridized carbons (Fsp3) is 0.412. The second kappa shape index (κ2) is 7.89. The molecule has 0 fully saturated rings. The van der Waals surface area contributed by atoms with Crippen LogP contribution in [0.5, 0.6) is 0 Å². The van der Waals surface area contributed by atoms with Crippen molar-refractivity contribution in [2.45, 2.75) is 38.8 Å². The first-order valence-corrected chi connectivity index (χ1v) is 7.67. The Bertz CT molecular complexity index is 654. The molecule has 124 valence electrons. The molecule has 2 rings (SSSR count). The van der Waals surface area contributed by atoms with E-state index in [1.165, 1.54) is 6.07 Å². The fourth-order valence-electron chi connectivity index (χ4n) is 2.42. The van der Waals surface area contributed by atoms with Crippen LogP contribution in [0.2, 0.25) is 0 Å². The van der Waals surface area contributed by atoms with Crippen molar-refractivity contribution in [2.75, 3.05) is 6.54 Å². The van der Waals surface area contributed by atoms with Crippen LogP contribution in [0, 0.1) is 17.0 Å². The van der Waals surface area contributed by atoms with Gasteiger partial charge in [0.05, 0.1) is 4.92 Å². The predicted molar refractivity (Wildman–Crippen MR) is 87.3 cm³/mol. The summed E-state index contributed by atoms with van der Waals surface area (Å²) in [6, 6.07) is 10.5. The molecule has 1 heterocycles. The van der Waals surface area contributed by atoms with Crippen molar-refractivity contribution in [3.05, 3.63) is 63.6 Å². The smallest absolute Gasteiger partial charge is 0.272 e. The standard InChI is InChI=1S/C17H22N2O4/c1-12(18-11-16(20)17-10-8-13(2)23-17)7-9-14-5-3-4-6-15(14)19(21)22/h3-6,8,10,12,16,18,20H,7,9,11H2,1-2H3. The number of aryl methyl sites for hydroxylation is 2. The van der Waals surface area contributed by atoms with Gasteiger partial charge in [0.15, 0.2) is 0 Å². The van der Waals surface area contributed by atoms with Gasteiger partial charge in [0.25, 0.3) is 5.69 Å². The first-order valence-electron chi connectivity index (χ1n) is 7.67. The van der Waals surface area contributed by atoms with Crippen molar-refractivity contribution in [1.29, 1.82) is 0 Å². The Hall–Kier alpha value is -2.18. The Balaban J connectivity index is 1.81. The van der Waals surface area contributed by atoms with Gasteiger partial charge >= 0.3 is 0 Å². The summed E-state index contributed by atoms with van der Waals surface area (Å²) in [5.41, 5.74) is 0.888. The van der Waals surface area contributed by atoms with Crippen LogP contribution in [0.3, 0.4) is 0 Å². The van der Waals surface area contributed by atoms with Crippen molar-refractivity contribution in [3.63, 3.8) is 0 Å². The van der Waals surface area contributed by atoms with E-state index in [2.05, 4.69) is 5.32 Å². The highest BCUT2D eigenvalue weighted by molar-refractivity contribution is 5.39. The number of hydrogen-bond donors (Lipinski definition) is 2. The molecule has 2 N–H and O–H groups in total. The number of aliphatic hydroxyl groups is 1. The van der Waals surface area contributed by atoms with E-state index in [-0.39, 0.29) is 16.7 Å². The summed E-state index contributed by atoms with van der Waals surface area (Å²) in [7, 11) is 0. The average Bonchev–Trinajstić information content (AvgIpc) is 2.97. The Morgan fingerprint density at radius 2 is 2.04 bits per heavy atom. The fourth-order valence-corrected chi connectivity index (χ4v) is 2.42. The zero-order chi connectivity index (χ0) is 16.8. The maximum Gasteiger partial charge on any atom is 0.272 e. The number of rotatable bonds is 8. The third kappa shape index (κ3) is 4.91. The molecule has 0 spiro atoms. The molecular formula is C17H22N2O4. The van der Waals surface area contributed by atoms with Gasteiger partial charge in [0.2, 0.25) is 0 Å². The molecule has 0 bridgehead atoms. The molecule has 2 atom stereocenters. The van der Waals surface area contributed by atoms with E-state index in [0.717, 1.165) is 17.7 Å². The van der Waals surface area contributed by atoms with Crippen molar-refractivity contribution in [3.8, 4) is 0 Å². The molecule has 6 heteroatoms. The zero-order valence-electron chi connectivity index (χ0n) is 13.4. The number of furan rings is 1. The lowest BCUT2D eigenvalue weighted by Crippen LogP contribution is -2.30. The molecule has 0 aliphatic carbocycles. The Kier molecular flexibility index (Phi) is 5.90. The van der Waals surface area contributed by atoms with Crippen molar-refractivity contribution in [2.24, 2.45) is 0 Å². The topological polar surface area (TPSA) is 88.5 Å². The van der Waals surface area contributed by atoms with Crippen LogP contribution in [-0.4, -0.2) is 22.6 Å². The first-order chi connectivity index (χ1) is 11.0. The van der Waals surface area contributed by atoms with Crippen molar-refractivity contribution in [1.82, 2.24) is 5.32 Å². The van der Waals surface area contributed by atoms with Crippen LogP contribution >= 0.6 is 0 Å². The molecule has 0 aliphatic rings. The van der Waals surface area contributed by atoms with E-state index >= 15 is 0 Å². The quantitative estimate of drug-likeness (QED) is 0.576. The highest BCUT2D eigenvalue weighted by Crippen LogP contribution is 2.20. The van der Waals surface area contributed by atoms with Crippen LogP contribution in [0.1, 0.15) is 36.5 Å². The van der Waals surface area contributed by atoms with Crippen LogP contribution in [0.15, 0.2) is 40.8 Å². The largest absolute Gasteiger partial charge is 0.464 e. The van der Waals surface area contributed by atoms with E-state index in [9.17, 15) is 15.2 Å². The molecule has 1 aromatic heterocycles. The zero-order valence-corrected chi connectivity index (χ0v) is 13.4. The van der Waals surface area contributed by atoms with Gasteiger partial charge < -0.3 is 14.8 Å². The van der Waals surface area contributed by atoms with E-state index in [1.807, 2.05) is 26.0 Å². The van der Waals surface area contributed by atoms with E-state index < -0.39 is 6.10 Å². The highest BCUT2D eigenvalue weighted by Gasteiger charge is 2.15. The van der Waals surface area contributed by atoms with Gasteiger partial charge in [0, 0.05) is 24.2 Å². The SMILES string of the molecule is Cc1ccc(C(O)CNC(C)CCc2ccccc2[N+](=O)[O-])o1. The summed E-state index contributed by atoms with van der Waals surface area (Å²) in [5.74, 6) is 1.31. The number of hydrogen-bond acceptors (Lipinski definition) is 5. The molecule has 23 heavy (non-hydrogen) atoms. The van der Waals surface area contributed by atoms with Gasteiger partial charge in [-0.05, 0) is 38.8 Å². The summed E-state index contributed by atoms with van der Waals surface area (Å²) in [5, 5.41) is 24.3. The second-order valence-corrected chi connectivity index (χ2v) is 5.70. The maximum absolute atomic E-state index is 11.0. The van der Waals surface area contributed by atoms with Gasteiger partial charge in [0.1, 0.15) is 17.6 Å².